The van der Waals surface area contributed by atoms with Crippen LogP contribution in [0, 0.1) is 0 Å². The van der Waals surface area contributed by atoms with Gasteiger partial charge < -0.3 is 16.0 Å². The molecule has 0 unspecified atom stereocenters. The number of hydrogen-bond acceptors (Lipinski definition) is 3. The second-order valence-electron chi connectivity index (χ2n) is 4.96. The number of carbonyl (C=O) groups is 2. The Bertz CT molecular complexity index is 458. The van der Waals surface area contributed by atoms with Crippen LogP contribution in [0.15, 0.2) is 24.3 Å². The third-order valence-electron chi connectivity index (χ3n) is 2.66. The van der Waals surface area contributed by atoms with Crippen LogP contribution in [0.2, 0.25) is 0 Å². The van der Waals surface area contributed by atoms with E-state index < -0.39 is 0 Å². The minimum Gasteiger partial charge on any atom is -0.350 e. The zero-order valence-electron chi connectivity index (χ0n) is 12.3. The molecule has 0 spiro atoms. The first-order chi connectivity index (χ1) is 9.52. The summed E-state index contributed by atoms with van der Waals surface area (Å²) in [4.78, 5) is 23.6. The Morgan fingerprint density at radius 2 is 2.00 bits per heavy atom. The van der Waals surface area contributed by atoms with E-state index in [1.165, 1.54) is 0 Å². The highest BCUT2D eigenvalue weighted by molar-refractivity contribution is 5.97. The van der Waals surface area contributed by atoms with E-state index in [-0.39, 0.29) is 17.9 Å². The van der Waals surface area contributed by atoms with Crippen LogP contribution < -0.4 is 16.0 Å². The Labute approximate surface area is 120 Å². The highest BCUT2D eigenvalue weighted by Gasteiger charge is 2.08. The van der Waals surface area contributed by atoms with E-state index in [4.69, 9.17) is 0 Å². The summed E-state index contributed by atoms with van der Waals surface area (Å²) < 4.78 is 0. The molecule has 1 rings (SSSR count). The lowest BCUT2D eigenvalue weighted by atomic mass is 10.1. The third kappa shape index (κ3) is 5.84. The van der Waals surface area contributed by atoms with Crippen LogP contribution >= 0.6 is 0 Å². The van der Waals surface area contributed by atoms with E-state index in [0.717, 1.165) is 13.0 Å². The molecule has 0 radical (unpaired) electrons. The fraction of sp³-hybridized carbons (Fsp3) is 0.467. The molecule has 5 nitrogen and oxygen atoms in total. The van der Waals surface area contributed by atoms with Crippen LogP contribution in [-0.4, -0.2) is 31.4 Å². The summed E-state index contributed by atoms with van der Waals surface area (Å²) in [5, 5.41) is 8.62. The van der Waals surface area contributed by atoms with Gasteiger partial charge in [-0.05, 0) is 52.1 Å². The highest BCUT2D eigenvalue weighted by Crippen LogP contribution is 2.11. The first kappa shape index (κ1) is 16.2. The molecule has 0 aliphatic carbocycles. The molecule has 0 saturated carbocycles. The molecule has 0 saturated heterocycles. The molecule has 110 valence electrons. The predicted molar refractivity (Wildman–Crippen MR) is 80.8 cm³/mol. The maximum absolute atomic E-state index is 11.9. The molecule has 0 bridgehead atoms. The third-order valence-corrected chi connectivity index (χ3v) is 2.66. The fourth-order valence-corrected chi connectivity index (χ4v) is 1.73. The zero-order chi connectivity index (χ0) is 15.0. The van der Waals surface area contributed by atoms with E-state index >= 15 is 0 Å². The number of hydrogen-bond donors (Lipinski definition) is 3. The maximum Gasteiger partial charge on any atom is 0.251 e. The summed E-state index contributed by atoms with van der Waals surface area (Å²) in [7, 11) is 1.86. The molecule has 0 aliphatic heterocycles. The number of benzene rings is 1. The smallest absolute Gasteiger partial charge is 0.251 e. The molecular weight excluding hydrogens is 254 g/mol. The van der Waals surface area contributed by atoms with E-state index in [1.807, 2.05) is 20.9 Å². The second-order valence-corrected chi connectivity index (χ2v) is 4.96. The average molecular weight is 277 g/mol. The van der Waals surface area contributed by atoms with Crippen LogP contribution in [0.5, 0.6) is 0 Å². The molecule has 0 aliphatic rings. The van der Waals surface area contributed by atoms with Gasteiger partial charge in [-0.15, -0.1) is 0 Å². The van der Waals surface area contributed by atoms with Gasteiger partial charge in [-0.1, -0.05) is 6.07 Å². The zero-order valence-corrected chi connectivity index (χ0v) is 12.3. The van der Waals surface area contributed by atoms with Gasteiger partial charge in [0.1, 0.15) is 0 Å². The summed E-state index contributed by atoms with van der Waals surface area (Å²) in [6.45, 7) is 4.63. The van der Waals surface area contributed by atoms with E-state index in [9.17, 15) is 9.59 Å². The van der Waals surface area contributed by atoms with Crippen LogP contribution in [0.3, 0.4) is 0 Å². The lowest BCUT2D eigenvalue weighted by Crippen LogP contribution is -2.30. The Morgan fingerprint density at radius 1 is 1.25 bits per heavy atom. The molecule has 5 heteroatoms. The van der Waals surface area contributed by atoms with Gasteiger partial charge in [-0.25, -0.2) is 0 Å². The van der Waals surface area contributed by atoms with Crippen LogP contribution in [0.4, 0.5) is 5.69 Å². The number of nitrogens with one attached hydrogen (secondary N) is 3. The molecular formula is C15H23N3O2. The van der Waals surface area contributed by atoms with Crippen molar-refractivity contribution >= 4 is 17.5 Å². The van der Waals surface area contributed by atoms with E-state index in [2.05, 4.69) is 16.0 Å². The quantitative estimate of drug-likeness (QED) is 0.665. The normalized spacial score (nSPS) is 10.4. The Morgan fingerprint density at radius 3 is 2.65 bits per heavy atom. The van der Waals surface area contributed by atoms with Crippen LogP contribution in [0.25, 0.3) is 0 Å². The fourth-order valence-electron chi connectivity index (χ4n) is 1.73. The molecule has 1 aromatic carbocycles. The average Bonchev–Trinajstić information content (AvgIpc) is 2.38. The summed E-state index contributed by atoms with van der Waals surface area (Å²) in [6.07, 6.45) is 1.25. The van der Waals surface area contributed by atoms with Crippen molar-refractivity contribution in [3.8, 4) is 0 Å². The van der Waals surface area contributed by atoms with E-state index in [0.29, 0.717) is 17.7 Å². The summed E-state index contributed by atoms with van der Waals surface area (Å²) in [5.41, 5.74) is 1.20. The molecule has 0 fully saturated rings. The van der Waals surface area contributed by atoms with Crippen LogP contribution in [0.1, 0.15) is 37.0 Å². The molecule has 20 heavy (non-hydrogen) atoms. The van der Waals surface area contributed by atoms with Crippen LogP contribution in [-0.2, 0) is 4.79 Å². The van der Waals surface area contributed by atoms with Crippen molar-refractivity contribution in [1.82, 2.24) is 10.6 Å². The van der Waals surface area contributed by atoms with Gasteiger partial charge in [-0.3, -0.25) is 9.59 Å². The van der Waals surface area contributed by atoms with Crippen molar-refractivity contribution in [3.05, 3.63) is 29.8 Å². The summed E-state index contributed by atoms with van der Waals surface area (Å²) in [5.74, 6) is -0.173. The Balaban J connectivity index is 2.59. The summed E-state index contributed by atoms with van der Waals surface area (Å²) >= 11 is 0. The largest absolute Gasteiger partial charge is 0.350 e. The monoisotopic (exact) mass is 277 g/mol. The lowest BCUT2D eigenvalue weighted by Gasteiger charge is -2.10. The SMILES string of the molecule is CNCCCC(=O)Nc1cccc(C(=O)NC(C)C)c1. The van der Waals surface area contributed by atoms with Crippen molar-refractivity contribution < 1.29 is 9.59 Å². The topological polar surface area (TPSA) is 70.2 Å². The molecule has 3 N–H and O–H groups in total. The molecule has 1 aromatic rings. The van der Waals surface area contributed by atoms with E-state index in [1.54, 1.807) is 24.3 Å². The van der Waals surface area contributed by atoms with Crippen molar-refractivity contribution in [2.24, 2.45) is 0 Å². The van der Waals surface area contributed by atoms with Crippen molar-refractivity contribution in [2.45, 2.75) is 32.7 Å². The van der Waals surface area contributed by atoms with Crippen molar-refractivity contribution in [2.75, 3.05) is 18.9 Å². The number of amides is 2. The number of carbonyl (C=O) groups excluding carboxylic acids is 2. The minimum atomic E-state index is -0.133. The van der Waals surface area contributed by atoms with Gasteiger partial charge in [0, 0.05) is 23.7 Å². The first-order valence-electron chi connectivity index (χ1n) is 6.88. The first-order valence-corrected chi connectivity index (χ1v) is 6.88. The molecule has 2 amide bonds. The number of rotatable bonds is 7. The summed E-state index contributed by atoms with van der Waals surface area (Å²) in [6, 6.07) is 7.05. The standard InChI is InChI=1S/C15H23N3O2/c1-11(2)17-15(20)12-6-4-7-13(10-12)18-14(19)8-5-9-16-3/h4,6-7,10-11,16H,5,8-9H2,1-3H3,(H,17,20)(H,18,19). The minimum absolute atomic E-state index is 0.0401. The van der Waals surface area contributed by atoms with Gasteiger partial charge in [-0.2, -0.15) is 0 Å². The molecule has 0 heterocycles. The second kappa shape index (κ2) is 8.32. The van der Waals surface area contributed by atoms with Crippen molar-refractivity contribution in [1.29, 1.82) is 0 Å². The van der Waals surface area contributed by atoms with Gasteiger partial charge in [0.2, 0.25) is 5.91 Å². The lowest BCUT2D eigenvalue weighted by molar-refractivity contribution is -0.116. The van der Waals surface area contributed by atoms with Gasteiger partial charge in [0.15, 0.2) is 0 Å². The number of anilines is 1. The van der Waals surface area contributed by atoms with Crippen molar-refractivity contribution in [3.63, 3.8) is 0 Å². The van der Waals surface area contributed by atoms with Gasteiger partial charge in [0.05, 0.1) is 0 Å². The maximum atomic E-state index is 11.9. The Hall–Kier alpha value is -1.88. The molecule has 0 aromatic heterocycles. The van der Waals surface area contributed by atoms with Gasteiger partial charge >= 0.3 is 0 Å². The molecule has 0 atom stereocenters. The highest BCUT2D eigenvalue weighted by atomic mass is 16.2. The van der Waals surface area contributed by atoms with Gasteiger partial charge in [0.25, 0.3) is 5.91 Å². The predicted octanol–water partition coefficient (Wildman–Crippen LogP) is 1.76. The Kier molecular flexibility index (Phi) is 6.73.